The Morgan fingerprint density at radius 3 is 2.36 bits per heavy atom. The van der Waals surface area contributed by atoms with Crippen LogP contribution in [0.1, 0.15) is 10.6 Å². The number of carbonyl (C=O) groups excluding carboxylic acids is 1. The zero-order valence-corrected chi connectivity index (χ0v) is 7.99. The van der Waals surface area contributed by atoms with Crippen molar-refractivity contribution < 1.29 is 9.21 Å². The van der Waals surface area contributed by atoms with E-state index in [2.05, 4.69) is 0 Å². The highest BCUT2D eigenvalue weighted by Crippen LogP contribution is 2.22. The molecule has 0 amide bonds. The van der Waals surface area contributed by atoms with E-state index >= 15 is 0 Å². The lowest BCUT2D eigenvalue weighted by Crippen LogP contribution is -1.73. The van der Waals surface area contributed by atoms with Crippen LogP contribution in [0.15, 0.2) is 40.8 Å². The van der Waals surface area contributed by atoms with Crippen LogP contribution < -0.4 is 0 Å². The summed E-state index contributed by atoms with van der Waals surface area (Å²) in [5, 5.41) is 0.677. The minimum Gasteiger partial charge on any atom is -0.453 e. The van der Waals surface area contributed by atoms with E-state index in [1.54, 1.807) is 24.3 Å². The van der Waals surface area contributed by atoms with E-state index in [9.17, 15) is 4.79 Å². The lowest BCUT2D eigenvalue weighted by Gasteiger charge is -1.95. The van der Waals surface area contributed by atoms with Crippen LogP contribution in [-0.4, -0.2) is 6.29 Å². The number of aldehydes is 1. The van der Waals surface area contributed by atoms with Crippen LogP contribution in [0.25, 0.3) is 11.3 Å². The molecule has 3 heteroatoms. The molecule has 0 aliphatic carbocycles. The number of hydrogen-bond acceptors (Lipinski definition) is 2. The van der Waals surface area contributed by atoms with E-state index in [-0.39, 0.29) is 0 Å². The topological polar surface area (TPSA) is 30.2 Å². The van der Waals surface area contributed by atoms with Crippen molar-refractivity contribution in [1.29, 1.82) is 0 Å². The van der Waals surface area contributed by atoms with Crippen molar-refractivity contribution in [1.82, 2.24) is 0 Å². The zero-order chi connectivity index (χ0) is 9.97. The van der Waals surface area contributed by atoms with Gasteiger partial charge in [-0.1, -0.05) is 11.6 Å². The van der Waals surface area contributed by atoms with Crippen LogP contribution in [0.3, 0.4) is 0 Å². The summed E-state index contributed by atoms with van der Waals surface area (Å²) >= 11 is 5.74. The van der Waals surface area contributed by atoms with Gasteiger partial charge in [-0.15, -0.1) is 0 Å². The van der Waals surface area contributed by atoms with Gasteiger partial charge in [-0.3, -0.25) is 4.79 Å². The van der Waals surface area contributed by atoms with Crippen LogP contribution in [-0.2, 0) is 0 Å². The standard InChI is InChI=1S/C11H7ClO2/c12-9-3-1-8(2-4-9)11-6-5-10(7-13)14-11/h1-7H. The molecule has 2 rings (SSSR count). The first-order chi connectivity index (χ1) is 6.79. The van der Waals surface area contributed by atoms with Crippen molar-refractivity contribution in [2.45, 2.75) is 0 Å². The van der Waals surface area contributed by atoms with Crippen LogP contribution in [0.2, 0.25) is 5.02 Å². The SMILES string of the molecule is O=Cc1ccc(-c2ccc(Cl)cc2)o1. The molecule has 70 valence electrons. The molecule has 14 heavy (non-hydrogen) atoms. The molecule has 0 bridgehead atoms. The molecule has 0 N–H and O–H groups in total. The van der Waals surface area contributed by atoms with Crippen molar-refractivity contribution in [3.8, 4) is 11.3 Å². The number of hydrogen-bond donors (Lipinski definition) is 0. The van der Waals surface area contributed by atoms with Gasteiger partial charge in [0.2, 0.25) is 0 Å². The second kappa shape index (κ2) is 3.68. The molecule has 0 radical (unpaired) electrons. The van der Waals surface area contributed by atoms with Gasteiger partial charge in [0.25, 0.3) is 0 Å². The zero-order valence-electron chi connectivity index (χ0n) is 7.24. The fraction of sp³-hybridized carbons (Fsp3) is 0. The van der Waals surface area contributed by atoms with Gasteiger partial charge < -0.3 is 4.42 Å². The summed E-state index contributed by atoms with van der Waals surface area (Å²) in [4.78, 5) is 10.4. The molecule has 0 aliphatic heterocycles. The molecule has 0 saturated carbocycles. The van der Waals surface area contributed by atoms with Crippen LogP contribution in [0.5, 0.6) is 0 Å². The van der Waals surface area contributed by atoms with E-state index in [1.165, 1.54) is 0 Å². The smallest absolute Gasteiger partial charge is 0.185 e. The van der Waals surface area contributed by atoms with Crippen LogP contribution in [0, 0.1) is 0 Å². The van der Waals surface area contributed by atoms with Crippen molar-refractivity contribution >= 4 is 17.9 Å². The Morgan fingerprint density at radius 2 is 1.79 bits per heavy atom. The summed E-state index contributed by atoms with van der Waals surface area (Å²) in [6.45, 7) is 0. The molecule has 0 atom stereocenters. The van der Waals surface area contributed by atoms with E-state index < -0.39 is 0 Å². The largest absolute Gasteiger partial charge is 0.453 e. The molecular formula is C11H7ClO2. The fourth-order valence-corrected chi connectivity index (χ4v) is 1.31. The first-order valence-corrected chi connectivity index (χ1v) is 4.48. The highest BCUT2D eigenvalue weighted by molar-refractivity contribution is 6.30. The van der Waals surface area contributed by atoms with Gasteiger partial charge in [0.05, 0.1) is 0 Å². The summed E-state index contributed by atoms with van der Waals surface area (Å²) in [5.41, 5.74) is 0.905. The average Bonchev–Trinajstić information content (AvgIpc) is 2.67. The molecule has 0 unspecified atom stereocenters. The van der Waals surface area contributed by atoms with Gasteiger partial charge in [0.1, 0.15) is 5.76 Å². The van der Waals surface area contributed by atoms with E-state index in [4.69, 9.17) is 16.0 Å². The van der Waals surface area contributed by atoms with Crippen molar-refractivity contribution in [3.63, 3.8) is 0 Å². The summed E-state index contributed by atoms with van der Waals surface area (Å²) in [5.74, 6) is 0.999. The first kappa shape index (κ1) is 9.03. The molecule has 2 aromatic rings. The second-order valence-electron chi connectivity index (χ2n) is 2.83. The lowest BCUT2D eigenvalue weighted by molar-refractivity contribution is 0.110. The first-order valence-electron chi connectivity index (χ1n) is 4.10. The van der Waals surface area contributed by atoms with Gasteiger partial charge in [0.15, 0.2) is 12.0 Å². The van der Waals surface area contributed by atoms with Crippen molar-refractivity contribution in [2.24, 2.45) is 0 Å². The molecular weight excluding hydrogens is 200 g/mol. The fourth-order valence-electron chi connectivity index (χ4n) is 1.19. The predicted octanol–water partition coefficient (Wildman–Crippen LogP) is 3.41. The van der Waals surface area contributed by atoms with E-state index in [0.717, 1.165) is 5.56 Å². The summed E-state index contributed by atoms with van der Waals surface area (Å²) in [6, 6.07) is 10.6. The minimum absolute atomic E-state index is 0.329. The van der Waals surface area contributed by atoms with Gasteiger partial charge in [0, 0.05) is 10.6 Å². The van der Waals surface area contributed by atoms with Crippen LogP contribution in [0.4, 0.5) is 0 Å². The monoisotopic (exact) mass is 206 g/mol. The van der Waals surface area contributed by atoms with E-state index in [1.807, 2.05) is 12.1 Å². The average molecular weight is 207 g/mol. The maximum absolute atomic E-state index is 10.4. The molecule has 1 aromatic heterocycles. The highest BCUT2D eigenvalue weighted by atomic mass is 35.5. The number of rotatable bonds is 2. The third kappa shape index (κ3) is 1.70. The summed E-state index contributed by atoms with van der Waals surface area (Å²) in [6.07, 6.45) is 0.680. The maximum atomic E-state index is 10.4. The lowest BCUT2D eigenvalue weighted by atomic mass is 10.2. The third-order valence-corrected chi connectivity index (χ3v) is 2.12. The molecule has 1 aromatic carbocycles. The predicted molar refractivity (Wildman–Crippen MR) is 54.5 cm³/mol. The Morgan fingerprint density at radius 1 is 1.07 bits per heavy atom. The van der Waals surface area contributed by atoms with Gasteiger partial charge in [-0.05, 0) is 36.4 Å². The molecule has 0 spiro atoms. The summed E-state index contributed by atoms with van der Waals surface area (Å²) < 4.78 is 5.25. The van der Waals surface area contributed by atoms with E-state index in [0.29, 0.717) is 22.8 Å². The van der Waals surface area contributed by atoms with Gasteiger partial charge in [-0.25, -0.2) is 0 Å². The Bertz CT molecular complexity index is 443. The minimum atomic E-state index is 0.329. The Kier molecular flexibility index (Phi) is 2.37. The number of furan rings is 1. The normalized spacial score (nSPS) is 10.1. The molecule has 2 nitrogen and oxygen atoms in total. The number of carbonyl (C=O) groups is 1. The summed E-state index contributed by atoms with van der Waals surface area (Å²) in [7, 11) is 0. The quantitative estimate of drug-likeness (QED) is 0.705. The molecule has 1 heterocycles. The third-order valence-electron chi connectivity index (χ3n) is 1.87. The van der Waals surface area contributed by atoms with Gasteiger partial charge in [-0.2, -0.15) is 0 Å². The molecule has 0 aliphatic rings. The second-order valence-corrected chi connectivity index (χ2v) is 3.26. The Hall–Kier alpha value is -1.54. The highest BCUT2D eigenvalue weighted by Gasteiger charge is 2.03. The number of halogens is 1. The number of benzene rings is 1. The molecule has 0 saturated heterocycles. The maximum Gasteiger partial charge on any atom is 0.185 e. The van der Waals surface area contributed by atoms with Crippen molar-refractivity contribution in [2.75, 3.05) is 0 Å². The van der Waals surface area contributed by atoms with Gasteiger partial charge >= 0.3 is 0 Å². The molecule has 0 fully saturated rings. The van der Waals surface area contributed by atoms with Crippen LogP contribution >= 0.6 is 11.6 Å². The Balaban J connectivity index is 2.39. The van der Waals surface area contributed by atoms with Crippen molar-refractivity contribution in [3.05, 3.63) is 47.2 Å². The Labute approximate surface area is 86.1 Å².